The van der Waals surface area contributed by atoms with E-state index in [1.807, 2.05) is 18.2 Å². The van der Waals surface area contributed by atoms with Crippen molar-refractivity contribution >= 4 is 29.9 Å². The van der Waals surface area contributed by atoms with Gasteiger partial charge in [-0.05, 0) is 5.56 Å². The molecule has 1 aliphatic heterocycles. The Morgan fingerprint density at radius 3 is 2.75 bits per heavy atom. The summed E-state index contributed by atoms with van der Waals surface area (Å²) in [7, 11) is 0. The number of halogens is 1. The first-order chi connectivity index (χ1) is 7.38. The van der Waals surface area contributed by atoms with Crippen molar-refractivity contribution in [3.8, 4) is 0 Å². The van der Waals surface area contributed by atoms with Gasteiger partial charge in [0.1, 0.15) is 0 Å². The van der Waals surface area contributed by atoms with Crippen molar-refractivity contribution < 1.29 is 5.11 Å². The number of hydrogen-bond donors (Lipinski definition) is 3. The molecule has 2 rings (SSSR count). The van der Waals surface area contributed by atoms with Crippen LogP contribution in [-0.4, -0.2) is 30.3 Å². The molecule has 0 aromatic heterocycles. The van der Waals surface area contributed by atoms with E-state index in [-0.39, 0.29) is 36.6 Å². The zero-order chi connectivity index (χ0) is 10.5. The summed E-state index contributed by atoms with van der Waals surface area (Å²) in [6.07, 6.45) is 0. The lowest BCUT2D eigenvalue weighted by molar-refractivity contribution is 0.263. The smallest absolute Gasteiger partial charge is 0.191 e. The molecule has 0 saturated heterocycles. The predicted molar refractivity (Wildman–Crippen MR) is 75.0 cm³/mol. The van der Waals surface area contributed by atoms with E-state index < -0.39 is 0 Å². The number of rotatable bonds is 3. The van der Waals surface area contributed by atoms with Crippen LogP contribution in [0.2, 0.25) is 0 Å². The third-order valence-corrected chi connectivity index (χ3v) is 2.33. The Morgan fingerprint density at radius 2 is 2.12 bits per heavy atom. The Labute approximate surface area is 112 Å². The Kier molecular flexibility index (Phi) is 5.54. The molecular formula is C11H16IN3O. The van der Waals surface area contributed by atoms with Gasteiger partial charge in [-0.3, -0.25) is 4.99 Å². The van der Waals surface area contributed by atoms with Gasteiger partial charge >= 0.3 is 0 Å². The number of nitrogens with zero attached hydrogens (tertiary/aromatic N) is 1. The van der Waals surface area contributed by atoms with Gasteiger partial charge in [0.2, 0.25) is 0 Å². The van der Waals surface area contributed by atoms with Gasteiger partial charge in [0.15, 0.2) is 5.96 Å². The van der Waals surface area contributed by atoms with Crippen LogP contribution >= 0.6 is 24.0 Å². The third kappa shape index (κ3) is 3.64. The molecule has 0 spiro atoms. The first-order valence-electron chi connectivity index (χ1n) is 5.08. The van der Waals surface area contributed by atoms with Crippen LogP contribution < -0.4 is 10.6 Å². The topological polar surface area (TPSA) is 56.7 Å². The highest BCUT2D eigenvalue weighted by atomic mass is 127. The summed E-state index contributed by atoms with van der Waals surface area (Å²) < 4.78 is 0. The Hall–Kier alpha value is -0.820. The molecule has 0 aliphatic carbocycles. The molecule has 0 amide bonds. The highest BCUT2D eigenvalue weighted by Gasteiger charge is 2.15. The molecule has 1 aromatic rings. The first kappa shape index (κ1) is 13.2. The van der Waals surface area contributed by atoms with E-state index in [9.17, 15) is 0 Å². The zero-order valence-electron chi connectivity index (χ0n) is 8.89. The molecule has 1 heterocycles. The molecule has 4 nitrogen and oxygen atoms in total. The molecule has 16 heavy (non-hydrogen) atoms. The summed E-state index contributed by atoms with van der Waals surface area (Å²) in [4.78, 5) is 4.24. The molecule has 0 bridgehead atoms. The molecular weight excluding hydrogens is 317 g/mol. The fraction of sp³-hybridized carbons (Fsp3) is 0.364. The minimum Gasteiger partial charge on any atom is -0.394 e. The Bertz CT molecular complexity index is 342. The molecule has 3 N–H and O–H groups in total. The van der Waals surface area contributed by atoms with Crippen molar-refractivity contribution in [3.63, 3.8) is 0 Å². The van der Waals surface area contributed by atoms with Gasteiger partial charge in [0, 0.05) is 6.54 Å². The minimum absolute atomic E-state index is 0. The van der Waals surface area contributed by atoms with E-state index in [0.29, 0.717) is 6.54 Å². The van der Waals surface area contributed by atoms with Gasteiger partial charge in [-0.25, -0.2) is 0 Å². The van der Waals surface area contributed by atoms with E-state index >= 15 is 0 Å². The molecule has 5 heteroatoms. The maximum absolute atomic E-state index is 8.91. The molecule has 88 valence electrons. The molecule has 1 aromatic carbocycles. The second-order valence-electron chi connectivity index (χ2n) is 3.55. The second-order valence-corrected chi connectivity index (χ2v) is 3.55. The van der Waals surface area contributed by atoms with Gasteiger partial charge in [0.25, 0.3) is 0 Å². The quantitative estimate of drug-likeness (QED) is 0.715. The summed E-state index contributed by atoms with van der Waals surface area (Å²) in [5.74, 6) is 0.776. The van der Waals surface area contributed by atoms with Crippen LogP contribution in [0.25, 0.3) is 0 Å². The van der Waals surface area contributed by atoms with Crippen molar-refractivity contribution in [2.45, 2.75) is 12.6 Å². The highest BCUT2D eigenvalue weighted by molar-refractivity contribution is 14.0. The largest absolute Gasteiger partial charge is 0.394 e. The summed E-state index contributed by atoms with van der Waals surface area (Å²) in [6.45, 7) is 1.53. The Balaban J connectivity index is 0.00000128. The van der Waals surface area contributed by atoms with Crippen LogP contribution in [0, 0.1) is 0 Å². The number of benzene rings is 1. The average Bonchev–Trinajstić information content (AvgIpc) is 2.76. The highest BCUT2D eigenvalue weighted by Crippen LogP contribution is 1.98. The molecule has 0 radical (unpaired) electrons. The molecule has 1 atom stereocenters. The lowest BCUT2D eigenvalue weighted by Crippen LogP contribution is -2.40. The lowest BCUT2D eigenvalue weighted by Gasteiger charge is -2.09. The van der Waals surface area contributed by atoms with Crippen LogP contribution in [0.1, 0.15) is 5.56 Å². The standard InChI is InChI=1S/C11H15N3O.HI/c15-8-10-7-13-11(14-10)12-6-9-4-2-1-3-5-9;/h1-5,10,15H,6-8H2,(H2,12,13,14);1H/t10-;/m0./s1. The number of hydrogen-bond acceptors (Lipinski definition) is 4. The monoisotopic (exact) mass is 333 g/mol. The normalized spacial score (nSPS) is 18.3. The van der Waals surface area contributed by atoms with Crippen molar-refractivity contribution in [1.82, 2.24) is 10.6 Å². The number of aliphatic imine (C=N–C) groups is 1. The molecule has 0 fully saturated rings. The minimum atomic E-state index is 0. The Morgan fingerprint density at radius 1 is 1.38 bits per heavy atom. The van der Waals surface area contributed by atoms with Gasteiger partial charge < -0.3 is 15.7 Å². The number of nitrogens with one attached hydrogen (secondary N) is 2. The van der Waals surface area contributed by atoms with E-state index in [2.05, 4.69) is 27.8 Å². The van der Waals surface area contributed by atoms with E-state index in [4.69, 9.17) is 5.11 Å². The van der Waals surface area contributed by atoms with Crippen LogP contribution in [-0.2, 0) is 6.54 Å². The van der Waals surface area contributed by atoms with Crippen molar-refractivity contribution in [1.29, 1.82) is 0 Å². The summed E-state index contributed by atoms with van der Waals surface area (Å²) in [6, 6.07) is 10.2. The summed E-state index contributed by atoms with van der Waals surface area (Å²) in [5, 5.41) is 15.2. The van der Waals surface area contributed by atoms with Crippen LogP contribution in [0.4, 0.5) is 0 Å². The zero-order valence-corrected chi connectivity index (χ0v) is 11.2. The van der Waals surface area contributed by atoms with Gasteiger partial charge in [0.05, 0.1) is 19.2 Å². The summed E-state index contributed by atoms with van der Waals surface area (Å²) >= 11 is 0. The van der Waals surface area contributed by atoms with Crippen LogP contribution in [0.3, 0.4) is 0 Å². The van der Waals surface area contributed by atoms with Crippen molar-refractivity contribution in [2.75, 3.05) is 13.2 Å². The second kappa shape index (κ2) is 6.70. The number of guanidine groups is 1. The average molecular weight is 333 g/mol. The van der Waals surface area contributed by atoms with Crippen LogP contribution in [0.15, 0.2) is 35.3 Å². The first-order valence-corrected chi connectivity index (χ1v) is 5.08. The van der Waals surface area contributed by atoms with E-state index in [0.717, 1.165) is 12.5 Å². The molecule has 0 unspecified atom stereocenters. The maximum atomic E-state index is 8.91. The van der Waals surface area contributed by atoms with Gasteiger partial charge in [-0.1, -0.05) is 30.3 Å². The van der Waals surface area contributed by atoms with Crippen molar-refractivity contribution in [2.24, 2.45) is 4.99 Å². The fourth-order valence-corrected chi connectivity index (χ4v) is 1.48. The third-order valence-electron chi connectivity index (χ3n) is 2.33. The molecule has 1 aliphatic rings. The maximum Gasteiger partial charge on any atom is 0.191 e. The molecule has 0 saturated carbocycles. The number of aliphatic hydroxyl groups is 1. The van der Waals surface area contributed by atoms with E-state index in [1.54, 1.807) is 0 Å². The van der Waals surface area contributed by atoms with Crippen LogP contribution in [0.5, 0.6) is 0 Å². The van der Waals surface area contributed by atoms with Crippen molar-refractivity contribution in [3.05, 3.63) is 35.9 Å². The van der Waals surface area contributed by atoms with E-state index in [1.165, 1.54) is 5.56 Å². The van der Waals surface area contributed by atoms with Gasteiger partial charge in [-0.2, -0.15) is 0 Å². The lowest BCUT2D eigenvalue weighted by atomic mass is 10.2. The predicted octanol–water partition coefficient (Wildman–Crippen LogP) is 0.714. The fourth-order valence-electron chi connectivity index (χ4n) is 1.48. The SMILES string of the molecule is I.OC[C@@H]1CN=C(NCc2ccccc2)N1. The number of aliphatic hydroxyl groups excluding tert-OH is 1. The van der Waals surface area contributed by atoms with Gasteiger partial charge in [-0.15, -0.1) is 24.0 Å². The summed E-state index contributed by atoms with van der Waals surface area (Å²) in [5.41, 5.74) is 1.22.